The Balaban J connectivity index is 2.55. The van der Waals surface area contributed by atoms with Gasteiger partial charge in [0.25, 0.3) is 0 Å². The Bertz CT molecular complexity index is 305. The summed E-state index contributed by atoms with van der Waals surface area (Å²) in [5, 5.41) is 0.627. The van der Waals surface area contributed by atoms with Crippen LogP contribution in [0.5, 0.6) is 0 Å². The van der Waals surface area contributed by atoms with Crippen LogP contribution in [-0.4, -0.2) is 9.55 Å². The molecule has 0 aromatic carbocycles. The lowest BCUT2D eigenvalue weighted by molar-refractivity contribution is 0.406. The quantitative estimate of drug-likeness (QED) is 0.668. The van der Waals surface area contributed by atoms with Gasteiger partial charge in [-0.1, -0.05) is 11.6 Å². The van der Waals surface area contributed by atoms with E-state index in [0.29, 0.717) is 5.15 Å². The highest BCUT2D eigenvalue weighted by molar-refractivity contribution is 6.30. The highest BCUT2D eigenvalue weighted by Crippen LogP contribution is 2.27. The number of fused-ring (bicyclic) bond motifs is 1. The molecule has 0 aliphatic carbocycles. The van der Waals surface area contributed by atoms with Crippen molar-refractivity contribution in [3.8, 4) is 0 Å². The maximum Gasteiger partial charge on any atom is 0.150 e. The summed E-state index contributed by atoms with van der Waals surface area (Å²) in [4.78, 5) is 4.19. The highest BCUT2D eigenvalue weighted by Gasteiger charge is 2.21. The third-order valence-corrected chi connectivity index (χ3v) is 2.69. The predicted octanol–water partition coefficient (Wildman–Crippen LogP) is 1.64. The molecule has 4 heteroatoms. The van der Waals surface area contributed by atoms with Crippen LogP contribution in [0.1, 0.15) is 30.5 Å². The lowest BCUT2D eigenvalue weighted by Crippen LogP contribution is -2.25. The lowest BCUT2D eigenvalue weighted by Gasteiger charge is -2.22. The highest BCUT2D eigenvalue weighted by atomic mass is 35.5. The maximum atomic E-state index is 5.94. The number of hydrogen-bond acceptors (Lipinski definition) is 2. The van der Waals surface area contributed by atoms with Crippen LogP contribution < -0.4 is 5.73 Å². The molecule has 12 heavy (non-hydrogen) atoms. The molecule has 0 amide bonds. The van der Waals surface area contributed by atoms with E-state index in [0.717, 1.165) is 30.8 Å². The molecule has 2 N–H and O–H groups in total. The Morgan fingerprint density at radius 1 is 1.67 bits per heavy atom. The van der Waals surface area contributed by atoms with Crippen LogP contribution in [0.4, 0.5) is 0 Å². The van der Waals surface area contributed by atoms with E-state index in [-0.39, 0.29) is 6.17 Å². The fourth-order valence-electron chi connectivity index (χ4n) is 1.83. The number of hydrogen-bond donors (Lipinski definition) is 1. The van der Waals surface area contributed by atoms with Crippen molar-refractivity contribution < 1.29 is 0 Å². The third-order valence-electron chi connectivity index (χ3n) is 2.38. The summed E-state index contributed by atoms with van der Waals surface area (Å²) in [7, 11) is 0. The second kappa shape index (κ2) is 2.75. The van der Waals surface area contributed by atoms with Gasteiger partial charge in [0.2, 0.25) is 0 Å². The monoisotopic (exact) mass is 185 g/mol. The first-order chi connectivity index (χ1) is 5.70. The largest absolute Gasteiger partial charge is 0.315 e. The van der Waals surface area contributed by atoms with Crippen LogP contribution in [0, 0.1) is 6.92 Å². The normalized spacial score (nSPS) is 22.4. The van der Waals surface area contributed by atoms with Crippen LogP contribution >= 0.6 is 11.6 Å². The van der Waals surface area contributed by atoms with Gasteiger partial charge in [0, 0.05) is 0 Å². The number of halogens is 1. The molecule has 0 saturated heterocycles. The molecule has 3 nitrogen and oxygen atoms in total. The third kappa shape index (κ3) is 1.04. The summed E-state index contributed by atoms with van der Waals surface area (Å²) in [6.07, 6.45) is 3.23. The Morgan fingerprint density at radius 3 is 3.08 bits per heavy atom. The minimum atomic E-state index is 0.0775. The lowest BCUT2D eigenvalue weighted by atomic mass is 10.1. The average molecular weight is 186 g/mol. The van der Waals surface area contributed by atoms with Gasteiger partial charge < -0.3 is 10.3 Å². The molecule has 1 aliphatic heterocycles. The van der Waals surface area contributed by atoms with E-state index in [9.17, 15) is 0 Å². The molecule has 0 radical (unpaired) electrons. The van der Waals surface area contributed by atoms with Gasteiger partial charge in [-0.2, -0.15) is 0 Å². The Morgan fingerprint density at radius 2 is 2.42 bits per heavy atom. The van der Waals surface area contributed by atoms with Crippen LogP contribution in [0.2, 0.25) is 5.15 Å². The molecule has 66 valence electrons. The van der Waals surface area contributed by atoms with Gasteiger partial charge in [-0.15, -0.1) is 0 Å². The van der Waals surface area contributed by atoms with E-state index >= 15 is 0 Å². The zero-order chi connectivity index (χ0) is 8.72. The zero-order valence-corrected chi connectivity index (χ0v) is 7.80. The fraction of sp³-hybridized carbons (Fsp3) is 0.625. The molecule has 0 bridgehead atoms. The molecule has 2 heterocycles. The standard InChI is InChI=1S/C8H12ClN3/c1-5-11-8(9)6-3-2-4-7(10)12(5)6/h7H,2-4,10H2,1H3. The van der Waals surface area contributed by atoms with Crippen LogP contribution in [0.15, 0.2) is 0 Å². The minimum Gasteiger partial charge on any atom is -0.315 e. The molecular formula is C8H12ClN3. The molecule has 0 spiro atoms. The fourth-order valence-corrected chi connectivity index (χ4v) is 2.13. The molecule has 1 aromatic heterocycles. The zero-order valence-electron chi connectivity index (χ0n) is 7.05. The van der Waals surface area contributed by atoms with Crippen LogP contribution in [0.25, 0.3) is 0 Å². The first kappa shape index (κ1) is 8.08. The van der Waals surface area contributed by atoms with Crippen molar-refractivity contribution in [3.63, 3.8) is 0 Å². The number of nitrogens with zero attached hydrogens (tertiary/aromatic N) is 2. The molecule has 0 fully saturated rings. The van der Waals surface area contributed by atoms with Crippen molar-refractivity contribution in [2.75, 3.05) is 0 Å². The van der Waals surface area contributed by atoms with Crippen molar-refractivity contribution in [1.29, 1.82) is 0 Å². The summed E-state index contributed by atoms with van der Waals surface area (Å²) >= 11 is 5.94. The molecule has 1 atom stereocenters. The smallest absolute Gasteiger partial charge is 0.150 e. The molecular weight excluding hydrogens is 174 g/mol. The summed E-state index contributed by atoms with van der Waals surface area (Å²) in [6.45, 7) is 1.94. The number of rotatable bonds is 0. The summed E-state index contributed by atoms with van der Waals surface area (Å²) < 4.78 is 2.05. The van der Waals surface area contributed by atoms with Gasteiger partial charge in [-0.3, -0.25) is 0 Å². The minimum absolute atomic E-state index is 0.0775. The van der Waals surface area contributed by atoms with E-state index in [1.165, 1.54) is 0 Å². The van der Waals surface area contributed by atoms with Crippen LogP contribution in [-0.2, 0) is 6.42 Å². The van der Waals surface area contributed by atoms with Gasteiger partial charge in [-0.25, -0.2) is 4.98 Å². The molecule has 2 rings (SSSR count). The number of nitrogens with two attached hydrogens (primary N) is 1. The van der Waals surface area contributed by atoms with Crippen molar-refractivity contribution >= 4 is 11.6 Å². The predicted molar refractivity (Wildman–Crippen MR) is 48.1 cm³/mol. The number of aromatic nitrogens is 2. The summed E-state index contributed by atoms with van der Waals surface area (Å²) in [5.41, 5.74) is 7.03. The van der Waals surface area contributed by atoms with Gasteiger partial charge in [0.15, 0.2) is 5.15 Å². The van der Waals surface area contributed by atoms with E-state index in [1.807, 2.05) is 11.5 Å². The van der Waals surface area contributed by atoms with E-state index in [2.05, 4.69) is 4.98 Å². The molecule has 1 aromatic rings. The van der Waals surface area contributed by atoms with Crippen molar-refractivity contribution in [3.05, 3.63) is 16.7 Å². The van der Waals surface area contributed by atoms with Crippen LogP contribution in [0.3, 0.4) is 0 Å². The molecule has 1 unspecified atom stereocenters. The van der Waals surface area contributed by atoms with E-state index in [1.54, 1.807) is 0 Å². The first-order valence-corrected chi connectivity index (χ1v) is 4.56. The number of imidazole rings is 1. The number of aryl methyl sites for hydroxylation is 1. The van der Waals surface area contributed by atoms with Gasteiger partial charge in [0.05, 0.1) is 11.9 Å². The SMILES string of the molecule is Cc1nc(Cl)c2n1C(N)CCC2. The van der Waals surface area contributed by atoms with Crippen molar-refractivity contribution in [2.24, 2.45) is 5.73 Å². The van der Waals surface area contributed by atoms with Crippen molar-refractivity contribution in [2.45, 2.75) is 32.4 Å². The topological polar surface area (TPSA) is 43.8 Å². The Labute approximate surface area is 76.5 Å². The van der Waals surface area contributed by atoms with E-state index < -0.39 is 0 Å². The second-order valence-corrected chi connectivity index (χ2v) is 3.58. The first-order valence-electron chi connectivity index (χ1n) is 4.19. The Kier molecular flexibility index (Phi) is 1.85. The maximum absolute atomic E-state index is 5.94. The van der Waals surface area contributed by atoms with Crippen molar-refractivity contribution in [1.82, 2.24) is 9.55 Å². The average Bonchev–Trinajstić information content (AvgIpc) is 2.29. The Hall–Kier alpha value is -0.540. The molecule has 1 aliphatic rings. The summed E-state index contributed by atoms with van der Waals surface area (Å²) in [6, 6.07) is 0. The summed E-state index contributed by atoms with van der Waals surface area (Å²) in [5.74, 6) is 0.933. The van der Waals surface area contributed by atoms with E-state index in [4.69, 9.17) is 17.3 Å². The van der Waals surface area contributed by atoms with Gasteiger partial charge in [0.1, 0.15) is 5.82 Å². The van der Waals surface area contributed by atoms with Gasteiger partial charge in [-0.05, 0) is 26.2 Å². The second-order valence-electron chi connectivity index (χ2n) is 3.23. The van der Waals surface area contributed by atoms with Gasteiger partial charge >= 0.3 is 0 Å². The molecule has 0 saturated carbocycles.